The van der Waals surface area contributed by atoms with Gasteiger partial charge in [0.2, 0.25) is 0 Å². The summed E-state index contributed by atoms with van der Waals surface area (Å²) in [6.07, 6.45) is 0.00276. The molecule has 0 amide bonds. The van der Waals surface area contributed by atoms with Crippen LogP contribution in [0.5, 0.6) is 0 Å². The lowest BCUT2D eigenvalue weighted by Gasteiger charge is -2.23. The zero-order valence-corrected chi connectivity index (χ0v) is 12.4. The van der Waals surface area contributed by atoms with Gasteiger partial charge in [-0.25, -0.2) is 0 Å². The lowest BCUT2D eigenvalue weighted by Crippen LogP contribution is -2.41. The number of β-amino-alcohol motifs (C(OH)–C–C–N with tert-alkyl or cyclic N) is 1. The number of aliphatic hydroxyl groups excluding tert-OH is 1. The predicted octanol–water partition coefficient (Wildman–Crippen LogP) is 2.87. The maximum absolute atomic E-state index is 9.94. The zero-order valence-electron chi connectivity index (χ0n) is 10.9. The Kier molecular flexibility index (Phi) is 5.29. The van der Waals surface area contributed by atoms with Gasteiger partial charge in [-0.2, -0.15) is 0 Å². The van der Waals surface area contributed by atoms with Crippen molar-refractivity contribution >= 4 is 28.9 Å². The molecule has 0 aliphatic carbocycles. The quantitative estimate of drug-likeness (QED) is 0.748. The molecule has 0 spiro atoms. The molecule has 0 heterocycles. The van der Waals surface area contributed by atoms with Gasteiger partial charge >= 0.3 is 0 Å². The molecule has 102 valence electrons. The maximum atomic E-state index is 9.94. The number of benzene rings is 1. The first-order chi connectivity index (χ1) is 8.19. The normalized spacial score (nSPS) is 13.7. The van der Waals surface area contributed by atoms with Crippen molar-refractivity contribution in [1.29, 1.82) is 0 Å². The highest BCUT2D eigenvalue weighted by molar-refractivity contribution is 6.38. The van der Waals surface area contributed by atoms with Crippen LogP contribution in [0.15, 0.2) is 12.1 Å². The van der Waals surface area contributed by atoms with E-state index in [2.05, 4.69) is 26.1 Å². The molecule has 1 unspecified atom stereocenters. The summed E-state index contributed by atoms with van der Waals surface area (Å²) in [4.78, 5) is 0. The zero-order chi connectivity index (χ0) is 13.9. The summed E-state index contributed by atoms with van der Waals surface area (Å²) in [6, 6.07) is 3.48. The number of hydrogen-bond acceptors (Lipinski definition) is 3. The van der Waals surface area contributed by atoms with E-state index in [1.165, 1.54) is 0 Å². The standard InChI is InChI=1S/C13H20Cl2N2O/c1-13(2,3)17-7-9(18)4-8-5-10(14)12(16)11(15)6-8/h5-6,9,17-18H,4,7,16H2,1-3H3. The van der Waals surface area contributed by atoms with Crippen molar-refractivity contribution in [3.8, 4) is 0 Å². The van der Waals surface area contributed by atoms with E-state index in [-0.39, 0.29) is 5.54 Å². The molecule has 0 aliphatic heterocycles. The van der Waals surface area contributed by atoms with E-state index in [1.807, 2.05) is 0 Å². The van der Waals surface area contributed by atoms with Gasteiger partial charge in [-0.3, -0.25) is 0 Å². The molecule has 1 aromatic carbocycles. The molecule has 4 N–H and O–H groups in total. The Morgan fingerprint density at radius 1 is 1.28 bits per heavy atom. The van der Waals surface area contributed by atoms with Gasteiger partial charge in [-0.1, -0.05) is 23.2 Å². The van der Waals surface area contributed by atoms with Crippen LogP contribution >= 0.6 is 23.2 Å². The molecule has 1 rings (SSSR count). The Morgan fingerprint density at radius 3 is 2.22 bits per heavy atom. The Labute approximate surface area is 118 Å². The minimum absolute atomic E-state index is 0.0165. The number of nitrogens with one attached hydrogen (secondary N) is 1. The largest absolute Gasteiger partial charge is 0.396 e. The molecule has 0 saturated heterocycles. The van der Waals surface area contributed by atoms with E-state index in [9.17, 15) is 5.11 Å². The average Bonchev–Trinajstić information content (AvgIpc) is 2.22. The Hall–Kier alpha value is -0.480. The highest BCUT2D eigenvalue weighted by atomic mass is 35.5. The predicted molar refractivity (Wildman–Crippen MR) is 78.3 cm³/mol. The molecule has 0 radical (unpaired) electrons. The molecular weight excluding hydrogens is 271 g/mol. The summed E-state index contributed by atoms with van der Waals surface area (Å²) in [7, 11) is 0. The Morgan fingerprint density at radius 2 is 1.78 bits per heavy atom. The molecule has 0 fully saturated rings. The molecule has 0 bridgehead atoms. The number of rotatable bonds is 4. The van der Waals surface area contributed by atoms with E-state index >= 15 is 0 Å². The van der Waals surface area contributed by atoms with Gasteiger partial charge in [0, 0.05) is 12.1 Å². The Bertz CT molecular complexity index is 393. The van der Waals surface area contributed by atoms with Crippen LogP contribution in [-0.4, -0.2) is 23.3 Å². The van der Waals surface area contributed by atoms with Crippen molar-refractivity contribution in [1.82, 2.24) is 5.32 Å². The number of nitrogens with two attached hydrogens (primary N) is 1. The second-order valence-electron chi connectivity index (χ2n) is 5.46. The molecule has 0 aliphatic rings. The van der Waals surface area contributed by atoms with E-state index in [0.29, 0.717) is 28.7 Å². The van der Waals surface area contributed by atoms with Crippen molar-refractivity contribution < 1.29 is 5.11 Å². The first kappa shape index (κ1) is 15.6. The van der Waals surface area contributed by atoms with Gasteiger partial charge in [-0.15, -0.1) is 0 Å². The van der Waals surface area contributed by atoms with Gasteiger partial charge < -0.3 is 16.2 Å². The first-order valence-electron chi connectivity index (χ1n) is 5.85. The lowest BCUT2D eigenvalue weighted by atomic mass is 10.1. The van der Waals surface area contributed by atoms with Crippen molar-refractivity contribution in [3.05, 3.63) is 27.7 Å². The second kappa shape index (κ2) is 6.11. The van der Waals surface area contributed by atoms with Crippen LogP contribution in [0.2, 0.25) is 10.0 Å². The molecule has 1 aromatic rings. The second-order valence-corrected chi connectivity index (χ2v) is 6.28. The molecule has 5 heteroatoms. The van der Waals surface area contributed by atoms with E-state index in [0.717, 1.165) is 5.56 Å². The van der Waals surface area contributed by atoms with Gasteiger partial charge in [0.25, 0.3) is 0 Å². The summed E-state index contributed by atoms with van der Waals surface area (Å²) in [5.74, 6) is 0. The van der Waals surface area contributed by atoms with Gasteiger partial charge in [0.1, 0.15) is 0 Å². The lowest BCUT2D eigenvalue weighted by molar-refractivity contribution is 0.161. The van der Waals surface area contributed by atoms with E-state index in [1.54, 1.807) is 12.1 Å². The average molecular weight is 291 g/mol. The molecule has 18 heavy (non-hydrogen) atoms. The van der Waals surface area contributed by atoms with Crippen LogP contribution in [0.1, 0.15) is 26.3 Å². The summed E-state index contributed by atoms with van der Waals surface area (Å²) in [5, 5.41) is 14.0. The van der Waals surface area contributed by atoms with Crippen LogP contribution in [-0.2, 0) is 6.42 Å². The third-order valence-electron chi connectivity index (χ3n) is 2.48. The van der Waals surface area contributed by atoms with Crippen LogP contribution in [0, 0.1) is 0 Å². The van der Waals surface area contributed by atoms with E-state index in [4.69, 9.17) is 28.9 Å². The fourth-order valence-electron chi connectivity index (χ4n) is 1.52. The smallest absolute Gasteiger partial charge is 0.0705 e. The monoisotopic (exact) mass is 290 g/mol. The van der Waals surface area contributed by atoms with Gasteiger partial charge in [0.15, 0.2) is 0 Å². The third kappa shape index (κ3) is 5.02. The molecule has 3 nitrogen and oxygen atoms in total. The van der Waals surface area contributed by atoms with E-state index < -0.39 is 6.10 Å². The SMILES string of the molecule is CC(C)(C)NCC(O)Cc1cc(Cl)c(N)c(Cl)c1. The summed E-state index contributed by atoms with van der Waals surface area (Å²) < 4.78 is 0. The molecule has 1 atom stereocenters. The summed E-state index contributed by atoms with van der Waals surface area (Å²) in [5.41, 5.74) is 6.90. The highest BCUT2D eigenvalue weighted by Crippen LogP contribution is 2.29. The van der Waals surface area contributed by atoms with Crippen LogP contribution in [0.25, 0.3) is 0 Å². The van der Waals surface area contributed by atoms with Crippen molar-refractivity contribution in [3.63, 3.8) is 0 Å². The number of nitrogen functional groups attached to an aromatic ring is 1. The topological polar surface area (TPSA) is 58.3 Å². The van der Waals surface area contributed by atoms with Crippen molar-refractivity contribution in [2.75, 3.05) is 12.3 Å². The van der Waals surface area contributed by atoms with Crippen LogP contribution in [0.4, 0.5) is 5.69 Å². The number of halogens is 2. The number of aliphatic hydroxyl groups is 1. The molecule has 0 saturated carbocycles. The fraction of sp³-hybridized carbons (Fsp3) is 0.538. The molecule has 0 aromatic heterocycles. The highest BCUT2D eigenvalue weighted by Gasteiger charge is 2.13. The summed E-state index contributed by atoms with van der Waals surface area (Å²) >= 11 is 11.9. The van der Waals surface area contributed by atoms with Crippen LogP contribution in [0.3, 0.4) is 0 Å². The number of hydrogen-bond donors (Lipinski definition) is 3. The van der Waals surface area contributed by atoms with Crippen molar-refractivity contribution in [2.24, 2.45) is 0 Å². The van der Waals surface area contributed by atoms with Crippen LogP contribution < -0.4 is 11.1 Å². The maximum Gasteiger partial charge on any atom is 0.0705 e. The summed E-state index contributed by atoms with van der Waals surface area (Å²) in [6.45, 7) is 6.67. The first-order valence-corrected chi connectivity index (χ1v) is 6.61. The van der Waals surface area contributed by atoms with Crippen molar-refractivity contribution in [2.45, 2.75) is 38.8 Å². The minimum Gasteiger partial charge on any atom is -0.396 e. The minimum atomic E-state index is -0.486. The molecular formula is C13H20Cl2N2O. The fourth-order valence-corrected chi connectivity index (χ4v) is 2.06. The third-order valence-corrected chi connectivity index (χ3v) is 3.10. The number of anilines is 1. The van der Waals surface area contributed by atoms with Gasteiger partial charge in [0.05, 0.1) is 21.8 Å². The Balaban J connectivity index is 2.62. The van der Waals surface area contributed by atoms with Gasteiger partial charge in [-0.05, 0) is 44.9 Å².